The molecule has 0 saturated heterocycles. The number of hydrogen-bond acceptors (Lipinski definition) is 4. The van der Waals surface area contributed by atoms with Crippen molar-refractivity contribution in [3.8, 4) is 5.75 Å². The highest BCUT2D eigenvalue weighted by Gasteiger charge is 2.12. The molecule has 0 bridgehead atoms. The number of nitro benzene ring substituents is 1. The molecule has 0 aromatic heterocycles. The summed E-state index contributed by atoms with van der Waals surface area (Å²) in [6.45, 7) is 5.62. The Bertz CT molecular complexity index is 737. The third kappa shape index (κ3) is 3.25. The Morgan fingerprint density at radius 3 is 2.43 bits per heavy atom. The molecule has 2 rings (SSSR count). The van der Waals surface area contributed by atoms with E-state index in [1.54, 1.807) is 6.92 Å². The highest BCUT2D eigenvalue weighted by atomic mass is 16.6. The summed E-state index contributed by atoms with van der Waals surface area (Å²) in [5.41, 5.74) is 3.74. The van der Waals surface area contributed by atoms with Crippen molar-refractivity contribution in [3.63, 3.8) is 0 Å². The van der Waals surface area contributed by atoms with E-state index in [0.717, 1.165) is 11.3 Å². The number of phenolic OH excluding ortho intramolecular Hbond substituents is 1. The summed E-state index contributed by atoms with van der Waals surface area (Å²) in [6.07, 6.45) is 1.44. The Morgan fingerprint density at radius 2 is 1.81 bits per heavy atom. The van der Waals surface area contributed by atoms with Crippen molar-refractivity contribution in [2.24, 2.45) is 4.99 Å². The zero-order chi connectivity index (χ0) is 15.6. The summed E-state index contributed by atoms with van der Waals surface area (Å²) in [6, 6.07) is 8.39. The van der Waals surface area contributed by atoms with Crippen molar-refractivity contribution in [2.75, 3.05) is 0 Å². The van der Waals surface area contributed by atoms with Gasteiger partial charge in [0.2, 0.25) is 0 Å². The molecule has 0 amide bonds. The van der Waals surface area contributed by atoms with Gasteiger partial charge < -0.3 is 5.11 Å². The number of aryl methyl sites for hydroxylation is 3. The van der Waals surface area contributed by atoms with E-state index in [0.29, 0.717) is 11.1 Å². The number of aromatic hydroxyl groups is 1. The third-order valence-corrected chi connectivity index (χ3v) is 3.37. The van der Waals surface area contributed by atoms with Crippen molar-refractivity contribution in [3.05, 3.63) is 62.7 Å². The number of rotatable bonds is 3. The molecule has 2 aromatic rings. The van der Waals surface area contributed by atoms with Crippen LogP contribution in [0, 0.1) is 30.9 Å². The number of benzene rings is 2. The van der Waals surface area contributed by atoms with E-state index in [2.05, 4.69) is 4.99 Å². The predicted molar refractivity (Wildman–Crippen MR) is 82.7 cm³/mol. The third-order valence-electron chi connectivity index (χ3n) is 3.37. The van der Waals surface area contributed by atoms with Crippen LogP contribution >= 0.6 is 0 Å². The highest BCUT2D eigenvalue weighted by molar-refractivity contribution is 5.87. The van der Waals surface area contributed by atoms with E-state index >= 15 is 0 Å². The van der Waals surface area contributed by atoms with Gasteiger partial charge in [-0.25, -0.2) is 0 Å². The maximum Gasteiger partial charge on any atom is 0.270 e. The predicted octanol–water partition coefficient (Wildman–Crippen LogP) is 3.98. The highest BCUT2D eigenvalue weighted by Crippen LogP contribution is 2.27. The first-order valence-corrected chi connectivity index (χ1v) is 6.48. The summed E-state index contributed by atoms with van der Waals surface area (Å²) in [4.78, 5) is 14.6. The SMILES string of the molecule is Cc1ccc(N=Cc2cc([N+](=O)[O-])cc(C)c2O)cc1C. The lowest BCUT2D eigenvalue weighted by molar-refractivity contribution is -0.384. The number of nitro groups is 1. The van der Waals surface area contributed by atoms with Crippen LogP contribution in [-0.2, 0) is 0 Å². The van der Waals surface area contributed by atoms with Gasteiger partial charge >= 0.3 is 0 Å². The first-order chi connectivity index (χ1) is 9.88. The van der Waals surface area contributed by atoms with E-state index in [-0.39, 0.29) is 11.4 Å². The van der Waals surface area contributed by atoms with Gasteiger partial charge in [0.15, 0.2) is 0 Å². The second kappa shape index (κ2) is 5.75. The lowest BCUT2D eigenvalue weighted by atomic mass is 10.1. The van der Waals surface area contributed by atoms with Crippen molar-refractivity contribution in [1.29, 1.82) is 0 Å². The number of non-ortho nitro benzene ring substituents is 1. The zero-order valence-electron chi connectivity index (χ0n) is 12.1. The molecule has 0 aliphatic carbocycles. The lowest BCUT2D eigenvalue weighted by Gasteiger charge is -2.04. The fourth-order valence-corrected chi connectivity index (χ4v) is 1.94. The van der Waals surface area contributed by atoms with E-state index < -0.39 is 4.92 Å². The molecule has 0 aliphatic rings. The van der Waals surface area contributed by atoms with Crippen LogP contribution in [0.15, 0.2) is 35.3 Å². The van der Waals surface area contributed by atoms with Gasteiger partial charge in [-0.2, -0.15) is 0 Å². The molecule has 0 aliphatic heterocycles. The molecule has 5 heteroatoms. The zero-order valence-corrected chi connectivity index (χ0v) is 12.1. The Labute approximate surface area is 122 Å². The van der Waals surface area contributed by atoms with E-state index in [1.807, 2.05) is 32.0 Å². The standard InChI is InChI=1S/C16H16N2O3/c1-10-4-5-14(6-11(10)2)17-9-13-8-15(18(20)21)7-12(3)16(13)19/h4-9,19H,1-3H3. The van der Waals surface area contributed by atoms with Crippen LogP contribution in [0.25, 0.3) is 0 Å². The van der Waals surface area contributed by atoms with Crippen LogP contribution in [0.1, 0.15) is 22.3 Å². The Kier molecular flexibility index (Phi) is 4.03. The summed E-state index contributed by atoms with van der Waals surface area (Å²) in [5.74, 6) is 0.00758. The minimum Gasteiger partial charge on any atom is -0.507 e. The van der Waals surface area contributed by atoms with E-state index in [1.165, 1.54) is 23.9 Å². The summed E-state index contributed by atoms with van der Waals surface area (Å²) in [5, 5.41) is 20.8. The second-order valence-electron chi connectivity index (χ2n) is 4.98. The van der Waals surface area contributed by atoms with Crippen LogP contribution in [-0.4, -0.2) is 16.2 Å². The summed E-state index contributed by atoms with van der Waals surface area (Å²) >= 11 is 0. The maximum absolute atomic E-state index is 10.9. The quantitative estimate of drug-likeness (QED) is 0.526. The largest absolute Gasteiger partial charge is 0.507 e. The Hall–Kier alpha value is -2.69. The topological polar surface area (TPSA) is 75.7 Å². The molecule has 0 fully saturated rings. The number of phenols is 1. The average Bonchev–Trinajstić information content (AvgIpc) is 2.43. The number of aliphatic imine (C=N–C) groups is 1. The molecule has 2 aromatic carbocycles. The van der Waals surface area contributed by atoms with Crippen molar-refractivity contribution in [2.45, 2.75) is 20.8 Å². The van der Waals surface area contributed by atoms with Gasteiger partial charge in [-0.1, -0.05) is 6.07 Å². The van der Waals surface area contributed by atoms with Crippen LogP contribution in [0.2, 0.25) is 0 Å². The molecule has 108 valence electrons. The van der Waals surface area contributed by atoms with Crippen molar-refractivity contribution >= 4 is 17.6 Å². The first kappa shape index (κ1) is 14.7. The van der Waals surface area contributed by atoms with Gasteiger partial charge in [0, 0.05) is 23.9 Å². The first-order valence-electron chi connectivity index (χ1n) is 6.48. The molecule has 21 heavy (non-hydrogen) atoms. The molecule has 1 N–H and O–H groups in total. The molecule has 0 spiro atoms. The normalized spacial score (nSPS) is 11.0. The van der Waals surface area contributed by atoms with E-state index in [4.69, 9.17) is 0 Å². The monoisotopic (exact) mass is 284 g/mol. The van der Waals surface area contributed by atoms with Crippen molar-refractivity contribution in [1.82, 2.24) is 0 Å². The smallest absolute Gasteiger partial charge is 0.270 e. The fraction of sp³-hybridized carbons (Fsp3) is 0.188. The van der Waals surface area contributed by atoms with E-state index in [9.17, 15) is 15.2 Å². The molecule has 0 saturated carbocycles. The lowest BCUT2D eigenvalue weighted by Crippen LogP contribution is -1.93. The minimum absolute atomic E-state index is 0.00758. The summed E-state index contributed by atoms with van der Waals surface area (Å²) in [7, 11) is 0. The Balaban J connectivity index is 2.40. The minimum atomic E-state index is -0.486. The van der Waals surface area contributed by atoms with Crippen LogP contribution in [0.4, 0.5) is 11.4 Å². The van der Waals surface area contributed by atoms with Gasteiger partial charge in [-0.05, 0) is 49.6 Å². The summed E-state index contributed by atoms with van der Waals surface area (Å²) < 4.78 is 0. The number of hydrogen-bond donors (Lipinski definition) is 1. The molecule has 0 heterocycles. The molecule has 0 radical (unpaired) electrons. The van der Waals surface area contributed by atoms with Crippen LogP contribution in [0.3, 0.4) is 0 Å². The fourth-order valence-electron chi connectivity index (χ4n) is 1.94. The second-order valence-corrected chi connectivity index (χ2v) is 4.98. The Morgan fingerprint density at radius 1 is 1.10 bits per heavy atom. The average molecular weight is 284 g/mol. The van der Waals surface area contributed by atoms with Crippen molar-refractivity contribution < 1.29 is 10.0 Å². The van der Waals surface area contributed by atoms with Gasteiger partial charge in [0.1, 0.15) is 5.75 Å². The molecule has 5 nitrogen and oxygen atoms in total. The molecular weight excluding hydrogens is 268 g/mol. The van der Waals surface area contributed by atoms with Gasteiger partial charge in [-0.3, -0.25) is 15.1 Å². The van der Waals surface area contributed by atoms with Gasteiger partial charge in [0.25, 0.3) is 5.69 Å². The molecule has 0 unspecified atom stereocenters. The van der Waals surface area contributed by atoms with Gasteiger partial charge in [-0.15, -0.1) is 0 Å². The van der Waals surface area contributed by atoms with Crippen LogP contribution < -0.4 is 0 Å². The molecule has 0 atom stereocenters. The number of nitrogens with zero attached hydrogens (tertiary/aromatic N) is 2. The van der Waals surface area contributed by atoms with Crippen LogP contribution in [0.5, 0.6) is 5.75 Å². The van der Waals surface area contributed by atoms with Gasteiger partial charge in [0.05, 0.1) is 10.6 Å². The maximum atomic E-state index is 10.9. The molecular formula is C16H16N2O3.